The van der Waals surface area contributed by atoms with Crippen molar-refractivity contribution < 1.29 is 12.8 Å². The largest absolute Gasteiger partial charge is 0.316 e. The zero-order valence-corrected chi connectivity index (χ0v) is 13.4. The predicted molar refractivity (Wildman–Crippen MR) is 82.1 cm³/mol. The summed E-state index contributed by atoms with van der Waals surface area (Å²) in [5, 5.41) is 3.22. The molecule has 1 aromatic rings. The quantitative estimate of drug-likeness (QED) is 0.872. The van der Waals surface area contributed by atoms with E-state index in [9.17, 15) is 12.8 Å². The van der Waals surface area contributed by atoms with Crippen LogP contribution in [0.15, 0.2) is 12.1 Å². The molecule has 21 heavy (non-hydrogen) atoms. The lowest BCUT2D eigenvalue weighted by Gasteiger charge is -2.22. The molecule has 1 saturated heterocycles. The molecule has 118 valence electrons. The van der Waals surface area contributed by atoms with Crippen molar-refractivity contribution in [3.05, 3.63) is 34.6 Å². The minimum Gasteiger partial charge on any atom is -0.316 e. The van der Waals surface area contributed by atoms with Crippen molar-refractivity contribution in [2.75, 3.05) is 18.8 Å². The molecule has 0 saturated carbocycles. The van der Waals surface area contributed by atoms with E-state index in [0.717, 1.165) is 31.5 Å². The van der Waals surface area contributed by atoms with Crippen LogP contribution in [0.4, 0.5) is 4.39 Å². The molecule has 6 heteroatoms. The normalized spacial score (nSPS) is 19.7. The maximum atomic E-state index is 13.5. The van der Waals surface area contributed by atoms with Crippen LogP contribution in [0.1, 0.15) is 29.5 Å². The van der Waals surface area contributed by atoms with Crippen molar-refractivity contribution >= 4 is 10.0 Å². The van der Waals surface area contributed by atoms with E-state index in [1.165, 1.54) is 0 Å². The van der Waals surface area contributed by atoms with Gasteiger partial charge < -0.3 is 5.32 Å². The Kier molecular flexibility index (Phi) is 5.35. The first kappa shape index (κ1) is 16.4. The van der Waals surface area contributed by atoms with Gasteiger partial charge in [-0.2, -0.15) is 0 Å². The van der Waals surface area contributed by atoms with Crippen LogP contribution in [0.3, 0.4) is 0 Å². The molecule has 2 N–H and O–H groups in total. The molecule has 0 aromatic heterocycles. The number of halogens is 1. The minimum atomic E-state index is -3.30. The summed E-state index contributed by atoms with van der Waals surface area (Å²) in [7, 11) is -3.30. The van der Waals surface area contributed by atoms with Gasteiger partial charge in [-0.3, -0.25) is 0 Å². The second-order valence-corrected chi connectivity index (χ2v) is 7.71. The summed E-state index contributed by atoms with van der Waals surface area (Å²) >= 11 is 0. The highest BCUT2D eigenvalue weighted by atomic mass is 32.2. The van der Waals surface area contributed by atoms with E-state index < -0.39 is 10.0 Å². The van der Waals surface area contributed by atoms with Crippen LogP contribution in [0, 0.1) is 25.6 Å². The number of piperidine rings is 1. The van der Waals surface area contributed by atoms with Crippen LogP contribution in [0.25, 0.3) is 0 Å². The molecular weight excluding hydrogens is 291 g/mol. The lowest BCUT2D eigenvalue weighted by Crippen LogP contribution is -2.37. The molecule has 0 amide bonds. The third-order valence-corrected chi connectivity index (χ3v) is 5.34. The first-order chi connectivity index (χ1) is 9.87. The summed E-state index contributed by atoms with van der Waals surface area (Å²) in [6, 6.07) is 3.38. The van der Waals surface area contributed by atoms with Crippen molar-refractivity contribution in [1.29, 1.82) is 0 Å². The van der Waals surface area contributed by atoms with Crippen LogP contribution < -0.4 is 10.0 Å². The Morgan fingerprint density at radius 2 is 2.00 bits per heavy atom. The molecule has 2 rings (SSSR count). The van der Waals surface area contributed by atoms with E-state index in [2.05, 4.69) is 10.0 Å². The molecule has 0 bridgehead atoms. The maximum Gasteiger partial charge on any atom is 0.212 e. The Balaban J connectivity index is 1.95. The molecule has 0 spiro atoms. The number of benzene rings is 1. The van der Waals surface area contributed by atoms with Gasteiger partial charge in [0.05, 0.1) is 5.75 Å². The van der Waals surface area contributed by atoms with Gasteiger partial charge in [0.1, 0.15) is 5.82 Å². The molecule has 1 aliphatic rings. The first-order valence-corrected chi connectivity index (χ1v) is 8.96. The number of nitrogens with one attached hydrogen (secondary N) is 2. The first-order valence-electron chi connectivity index (χ1n) is 7.31. The molecule has 1 atom stereocenters. The van der Waals surface area contributed by atoms with Crippen molar-refractivity contribution in [2.45, 2.75) is 33.2 Å². The summed E-state index contributed by atoms with van der Waals surface area (Å²) in [4.78, 5) is 0. The van der Waals surface area contributed by atoms with Gasteiger partial charge in [0.25, 0.3) is 0 Å². The average molecular weight is 314 g/mol. The third kappa shape index (κ3) is 4.76. The molecule has 1 aliphatic heterocycles. The molecular formula is C15H23FN2O2S. The number of hydrogen-bond donors (Lipinski definition) is 2. The average Bonchev–Trinajstić information content (AvgIpc) is 2.43. The van der Waals surface area contributed by atoms with Crippen LogP contribution in [-0.2, 0) is 16.6 Å². The second-order valence-electron chi connectivity index (χ2n) is 5.86. The van der Waals surface area contributed by atoms with E-state index in [0.29, 0.717) is 11.1 Å². The summed E-state index contributed by atoms with van der Waals surface area (Å²) < 4.78 is 40.4. The molecule has 1 unspecified atom stereocenters. The van der Waals surface area contributed by atoms with Crippen LogP contribution in [0.2, 0.25) is 0 Å². The van der Waals surface area contributed by atoms with Crippen LogP contribution in [-0.4, -0.2) is 27.3 Å². The minimum absolute atomic E-state index is 0.152. The number of aryl methyl sites for hydroxylation is 2. The highest BCUT2D eigenvalue weighted by molar-refractivity contribution is 7.89. The lowest BCUT2D eigenvalue weighted by atomic mass is 10.0. The SMILES string of the molecule is Cc1cc(CNS(=O)(=O)CC2CCCNC2)cc(C)c1F. The molecule has 4 nitrogen and oxygen atoms in total. The Morgan fingerprint density at radius 1 is 1.33 bits per heavy atom. The second kappa shape index (κ2) is 6.85. The standard InChI is InChI=1S/C15H23FN2O2S/c1-11-6-14(7-12(2)15(11)16)9-18-21(19,20)10-13-4-3-5-17-8-13/h6-7,13,17-18H,3-5,8-10H2,1-2H3. The van der Waals surface area contributed by atoms with Crippen LogP contribution in [0.5, 0.6) is 0 Å². The van der Waals surface area contributed by atoms with Crippen LogP contribution >= 0.6 is 0 Å². The van der Waals surface area contributed by atoms with E-state index in [4.69, 9.17) is 0 Å². The Hall–Kier alpha value is -0.980. The van der Waals surface area contributed by atoms with Gasteiger partial charge in [0.15, 0.2) is 0 Å². The fourth-order valence-electron chi connectivity index (χ4n) is 2.77. The summed E-state index contributed by atoms with van der Waals surface area (Å²) in [6.07, 6.45) is 1.97. The molecule has 0 aliphatic carbocycles. The van der Waals surface area contributed by atoms with Crippen molar-refractivity contribution in [3.8, 4) is 0 Å². The Bertz CT molecular complexity index is 573. The molecule has 0 radical (unpaired) electrons. The van der Waals surface area contributed by atoms with Gasteiger partial charge in [-0.25, -0.2) is 17.5 Å². The smallest absolute Gasteiger partial charge is 0.212 e. The fourth-order valence-corrected chi connectivity index (χ4v) is 4.18. The fraction of sp³-hybridized carbons (Fsp3) is 0.600. The van der Waals surface area contributed by atoms with Gasteiger partial charge in [0.2, 0.25) is 10.0 Å². The van der Waals surface area contributed by atoms with Crippen molar-refractivity contribution in [2.24, 2.45) is 5.92 Å². The summed E-state index contributed by atoms with van der Waals surface area (Å²) in [5.41, 5.74) is 1.87. The summed E-state index contributed by atoms with van der Waals surface area (Å²) in [5.74, 6) is 0.0990. The van der Waals surface area contributed by atoms with Crippen molar-refractivity contribution in [1.82, 2.24) is 10.0 Å². The van der Waals surface area contributed by atoms with E-state index in [1.807, 2.05) is 0 Å². The molecule has 1 fully saturated rings. The number of hydrogen-bond acceptors (Lipinski definition) is 3. The van der Waals surface area contributed by atoms with E-state index in [1.54, 1.807) is 26.0 Å². The van der Waals surface area contributed by atoms with E-state index in [-0.39, 0.29) is 24.0 Å². The van der Waals surface area contributed by atoms with Gasteiger partial charge in [-0.1, -0.05) is 12.1 Å². The Labute approximate surface area is 126 Å². The van der Waals surface area contributed by atoms with E-state index >= 15 is 0 Å². The van der Waals surface area contributed by atoms with Gasteiger partial charge in [-0.05, 0) is 62.4 Å². The lowest BCUT2D eigenvalue weighted by molar-refractivity contribution is 0.402. The maximum absolute atomic E-state index is 13.5. The number of rotatable bonds is 5. The predicted octanol–water partition coefficient (Wildman–Crippen LogP) is 1.86. The topological polar surface area (TPSA) is 58.2 Å². The zero-order valence-electron chi connectivity index (χ0n) is 12.6. The summed E-state index contributed by atoms with van der Waals surface area (Å²) in [6.45, 7) is 5.32. The highest BCUT2D eigenvalue weighted by Crippen LogP contribution is 2.16. The number of sulfonamides is 1. The third-order valence-electron chi connectivity index (χ3n) is 3.85. The Morgan fingerprint density at radius 3 is 2.57 bits per heavy atom. The van der Waals surface area contributed by atoms with Crippen molar-refractivity contribution in [3.63, 3.8) is 0 Å². The zero-order chi connectivity index (χ0) is 15.5. The molecule has 1 aromatic carbocycles. The highest BCUT2D eigenvalue weighted by Gasteiger charge is 2.21. The monoisotopic (exact) mass is 314 g/mol. The van der Waals surface area contributed by atoms with Gasteiger partial charge >= 0.3 is 0 Å². The van der Waals surface area contributed by atoms with Gasteiger partial charge in [-0.15, -0.1) is 0 Å². The molecule has 1 heterocycles. The van der Waals surface area contributed by atoms with Gasteiger partial charge in [0, 0.05) is 6.54 Å².